The molecule has 0 saturated carbocycles. The van der Waals surface area contributed by atoms with Crippen molar-refractivity contribution < 1.29 is 9.53 Å². The second-order valence-corrected chi connectivity index (χ2v) is 10.7. The van der Waals surface area contributed by atoms with E-state index in [1.807, 2.05) is 85.8 Å². The summed E-state index contributed by atoms with van der Waals surface area (Å²) in [5.74, 6) is 0.934. The van der Waals surface area contributed by atoms with E-state index >= 15 is 0 Å². The van der Waals surface area contributed by atoms with E-state index in [0.717, 1.165) is 29.7 Å². The van der Waals surface area contributed by atoms with Gasteiger partial charge in [0, 0.05) is 6.42 Å². The molecule has 1 atom stereocenters. The van der Waals surface area contributed by atoms with Gasteiger partial charge in [-0.15, -0.1) is 0 Å². The monoisotopic (exact) mass is 587 g/mol. The van der Waals surface area contributed by atoms with Crippen LogP contribution in [0.15, 0.2) is 96.3 Å². The third-order valence-corrected chi connectivity index (χ3v) is 7.61. The van der Waals surface area contributed by atoms with E-state index in [4.69, 9.17) is 9.72 Å². The number of benzene rings is 3. The van der Waals surface area contributed by atoms with Crippen molar-refractivity contribution in [3.63, 3.8) is 0 Å². The molecule has 2 N–H and O–H groups in total. The highest BCUT2D eigenvalue weighted by molar-refractivity contribution is 5.83. The molecule has 0 aliphatic heterocycles. The first-order valence-corrected chi connectivity index (χ1v) is 14.8. The summed E-state index contributed by atoms with van der Waals surface area (Å²) >= 11 is 0. The van der Waals surface area contributed by atoms with Gasteiger partial charge in [-0.3, -0.25) is 14.2 Å². The quantitative estimate of drug-likeness (QED) is 0.128. The van der Waals surface area contributed by atoms with E-state index in [2.05, 4.69) is 25.3 Å². The van der Waals surface area contributed by atoms with Crippen LogP contribution in [0, 0.1) is 6.92 Å². The number of H-pyrrole nitrogens is 1. The van der Waals surface area contributed by atoms with Gasteiger partial charge in [0.05, 0.1) is 29.0 Å². The first kappa shape index (κ1) is 28.7. The summed E-state index contributed by atoms with van der Waals surface area (Å²) < 4.78 is 7.14. The number of carbonyl (C=O) groups excluding carboxylic acids is 1. The lowest BCUT2D eigenvalue weighted by Crippen LogP contribution is -2.29. The van der Waals surface area contributed by atoms with Gasteiger partial charge in [0.25, 0.3) is 5.56 Å². The van der Waals surface area contributed by atoms with Crippen molar-refractivity contribution in [2.45, 2.75) is 51.7 Å². The van der Waals surface area contributed by atoms with Gasteiger partial charge in [-0.05, 0) is 49.1 Å². The van der Waals surface area contributed by atoms with Gasteiger partial charge >= 0.3 is 5.97 Å². The second kappa shape index (κ2) is 13.3. The Hall–Kier alpha value is -5.38. The zero-order valence-corrected chi connectivity index (χ0v) is 24.4. The van der Waals surface area contributed by atoms with Crippen molar-refractivity contribution in [3.05, 3.63) is 119 Å². The smallest absolute Gasteiger partial charge is 0.306 e. The fraction of sp³-hybridized carbons (Fsp3) is 0.235. The van der Waals surface area contributed by atoms with Crippen LogP contribution in [0.25, 0.3) is 27.8 Å². The Labute approximate surface area is 254 Å². The van der Waals surface area contributed by atoms with E-state index in [-0.39, 0.29) is 24.2 Å². The highest BCUT2D eigenvalue weighted by Crippen LogP contribution is 2.28. The molecule has 1 unspecified atom stereocenters. The van der Waals surface area contributed by atoms with E-state index in [1.165, 1.54) is 6.33 Å². The van der Waals surface area contributed by atoms with E-state index in [1.54, 1.807) is 10.9 Å². The highest BCUT2D eigenvalue weighted by Gasteiger charge is 2.23. The van der Waals surface area contributed by atoms with Crippen molar-refractivity contribution in [1.82, 2.24) is 29.5 Å². The van der Waals surface area contributed by atoms with Crippen LogP contribution in [-0.4, -0.2) is 35.5 Å². The maximum absolute atomic E-state index is 14.1. The standard InChI is InChI=1S/C34H33N7O3/c1-23-12-11-18-26-29(23)34(43)41(25-15-7-3-8-16-25)33(40-26)27(39-32-30-31(36-21-35-30)37-22-38-32)17-9-4-10-19-28(42)44-20-24-13-5-2-6-14-24/h2-3,5-8,11-16,18,21-22,27H,4,9-10,17,19-20H2,1H3,(H2,35,36,37,38,39). The van der Waals surface area contributed by atoms with Crippen molar-refractivity contribution >= 4 is 33.9 Å². The lowest BCUT2D eigenvalue weighted by Gasteiger charge is -2.23. The molecule has 0 aliphatic rings. The molecular formula is C34H33N7O3. The summed E-state index contributed by atoms with van der Waals surface area (Å²) in [5, 5.41) is 4.13. The lowest BCUT2D eigenvalue weighted by atomic mass is 10.0. The molecule has 0 fully saturated rings. The Balaban J connectivity index is 1.27. The Morgan fingerprint density at radius 3 is 2.55 bits per heavy atom. The minimum Gasteiger partial charge on any atom is -0.461 e. The number of unbranched alkanes of at least 4 members (excludes halogenated alkanes) is 2. The van der Waals surface area contributed by atoms with Crippen LogP contribution in [0.1, 0.15) is 55.1 Å². The second-order valence-electron chi connectivity index (χ2n) is 10.7. The maximum atomic E-state index is 14.1. The molecule has 6 rings (SSSR count). The van der Waals surface area contributed by atoms with Gasteiger partial charge in [0.1, 0.15) is 24.3 Å². The number of aromatic nitrogens is 6. The number of aromatic amines is 1. The molecule has 0 aliphatic carbocycles. The summed E-state index contributed by atoms with van der Waals surface area (Å²) in [4.78, 5) is 47.7. The number of carbonyl (C=O) groups is 1. The predicted octanol–water partition coefficient (Wildman–Crippen LogP) is 6.21. The van der Waals surface area contributed by atoms with E-state index < -0.39 is 0 Å². The Morgan fingerprint density at radius 1 is 0.932 bits per heavy atom. The first-order valence-electron chi connectivity index (χ1n) is 14.8. The van der Waals surface area contributed by atoms with E-state index in [0.29, 0.717) is 53.0 Å². The Kier molecular flexibility index (Phi) is 8.67. The highest BCUT2D eigenvalue weighted by atomic mass is 16.5. The number of anilines is 1. The molecule has 0 radical (unpaired) electrons. The van der Waals surface area contributed by atoms with Crippen LogP contribution in [0.2, 0.25) is 0 Å². The fourth-order valence-corrected chi connectivity index (χ4v) is 5.38. The van der Waals surface area contributed by atoms with Crippen LogP contribution in [0.5, 0.6) is 0 Å². The molecule has 0 spiro atoms. The van der Waals surface area contributed by atoms with Crippen LogP contribution < -0.4 is 10.9 Å². The molecule has 6 aromatic rings. The molecular weight excluding hydrogens is 554 g/mol. The maximum Gasteiger partial charge on any atom is 0.306 e. The number of imidazole rings is 1. The average molecular weight is 588 g/mol. The lowest BCUT2D eigenvalue weighted by molar-refractivity contribution is -0.145. The molecule has 3 aromatic carbocycles. The molecule has 3 heterocycles. The number of ether oxygens (including phenoxy) is 1. The summed E-state index contributed by atoms with van der Waals surface area (Å²) in [6.07, 6.45) is 6.28. The summed E-state index contributed by atoms with van der Waals surface area (Å²) in [6.45, 7) is 2.20. The fourth-order valence-electron chi connectivity index (χ4n) is 5.38. The number of nitrogens with one attached hydrogen (secondary N) is 2. The molecule has 222 valence electrons. The number of esters is 1. The van der Waals surface area contributed by atoms with E-state index in [9.17, 15) is 9.59 Å². The topological polar surface area (TPSA) is 128 Å². The van der Waals surface area contributed by atoms with Gasteiger partial charge in [0.2, 0.25) is 0 Å². The van der Waals surface area contributed by atoms with Crippen molar-refractivity contribution in [1.29, 1.82) is 0 Å². The van der Waals surface area contributed by atoms with Gasteiger partial charge < -0.3 is 15.0 Å². The first-order chi connectivity index (χ1) is 21.6. The Bertz CT molecular complexity index is 1940. The van der Waals surface area contributed by atoms with Gasteiger partial charge in [-0.2, -0.15) is 0 Å². The number of hydrogen-bond donors (Lipinski definition) is 2. The van der Waals surface area contributed by atoms with Crippen molar-refractivity contribution in [3.8, 4) is 5.69 Å². The molecule has 0 bridgehead atoms. The SMILES string of the molecule is Cc1cccc2nc(C(CCCCCC(=O)OCc3ccccc3)Nc3ncnc4nc[nH]c34)n(-c3ccccc3)c(=O)c12. The number of aryl methyl sites for hydroxylation is 1. The van der Waals surface area contributed by atoms with Gasteiger partial charge in [-0.25, -0.2) is 19.9 Å². The van der Waals surface area contributed by atoms with Crippen LogP contribution in [0.4, 0.5) is 5.82 Å². The number of fused-ring (bicyclic) bond motifs is 2. The van der Waals surface area contributed by atoms with Crippen LogP contribution in [-0.2, 0) is 16.1 Å². The van der Waals surface area contributed by atoms with Gasteiger partial charge in [0.15, 0.2) is 11.5 Å². The summed E-state index contributed by atoms with van der Waals surface area (Å²) in [7, 11) is 0. The molecule has 0 amide bonds. The molecule has 10 heteroatoms. The number of nitrogens with zero attached hydrogens (tertiary/aromatic N) is 5. The van der Waals surface area contributed by atoms with Crippen LogP contribution in [0.3, 0.4) is 0 Å². The third kappa shape index (κ3) is 6.34. The average Bonchev–Trinajstić information content (AvgIpc) is 3.54. The summed E-state index contributed by atoms with van der Waals surface area (Å²) in [6, 6.07) is 24.5. The third-order valence-electron chi connectivity index (χ3n) is 7.61. The molecule has 10 nitrogen and oxygen atoms in total. The number of hydrogen-bond acceptors (Lipinski definition) is 8. The van der Waals surface area contributed by atoms with Crippen molar-refractivity contribution in [2.75, 3.05) is 5.32 Å². The van der Waals surface area contributed by atoms with Gasteiger partial charge in [-0.1, -0.05) is 73.5 Å². The number of para-hydroxylation sites is 1. The molecule has 44 heavy (non-hydrogen) atoms. The van der Waals surface area contributed by atoms with Crippen LogP contribution >= 0.6 is 0 Å². The predicted molar refractivity (Wildman–Crippen MR) is 169 cm³/mol. The summed E-state index contributed by atoms with van der Waals surface area (Å²) in [5.41, 5.74) is 4.29. The largest absolute Gasteiger partial charge is 0.461 e. The van der Waals surface area contributed by atoms with Crippen molar-refractivity contribution in [2.24, 2.45) is 0 Å². The zero-order valence-electron chi connectivity index (χ0n) is 24.4. The normalized spacial score (nSPS) is 11.9. The molecule has 0 saturated heterocycles. The number of rotatable bonds is 12. The molecule has 3 aromatic heterocycles. The minimum atomic E-state index is -0.390. The minimum absolute atomic E-state index is 0.128. The zero-order chi connectivity index (χ0) is 30.3. The Morgan fingerprint density at radius 2 is 1.73 bits per heavy atom.